The molecule has 1 aliphatic heterocycles. The number of hydrogen-bond donors (Lipinski definition) is 1. The molecule has 150 valence electrons. The van der Waals surface area contributed by atoms with Crippen molar-refractivity contribution in [3.05, 3.63) is 65.5 Å². The summed E-state index contributed by atoms with van der Waals surface area (Å²) < 4.78 is 10.8. The molecule has 1 fully saturated rings. The number of rotatable bonds is 5. The number of urea groups is 1. The van der Waals surface area contributed by atoms with Crippen LogP contribution in [0.4, 0.5) is 4.79 Å². The fraction of sp³-hybridized carbons (Fsp3) is 0.318. The maximum Gasteiger partial charge on any atom is 0.318 e. The second-order valence-electron chi connectivity index (χ2n) is 7.18. The van der Waals surface area contributed by atoms with Crippen molar-refractivity contribution in [2.75, 3.05) is 13.7 Å². The Bertz CT molecular complexity index is 984. The summed E-state index contributed by atoms with van der Waals surface area (Å²) in [7, 11) is 1.62. The zero-order valence-corrected chi connectivity index (χ0v) is 16.6. The first-order valence-electron chi connectivity index (χ1n) is 9.72. The second-order valence-corrected chi connectivity index (χ2v) is 7.18. The number of likely N-dealkylation sites (tertiary alicyclic amines) is 1. The first-order chi connectivity index (χ1) is 14.1. The Hall–Kier alpha value is -3.35. The van der Waals surface area contributed by atoms with Gasteiger partial charge in [-0.15, -0.1) is 0 Å². The summed E-state index contributed by atoms with van der Waals surface area (Å²) in [6, 6.07) is 15.3. The number of nitrogens with zero attached hydrogens (tertiary/aromatic N) is 3. The van der Waals surface area contributed by atoms with Gasteiger partial charge < -0.3 is 19.5 Å². The van der Waals surface area contributed by atoms with E-state index in [9.17, 15) is 4.79 Å². The minimum atomic E-state index is -0.208. The number of carbonyl (C=O) groups is 1. The number of aromatic nitrogens is 2. The summed E-state index contributed by atoms with van der Waals surface area (Å²) in [4.78, 5) is 19.1. The summed E-state index contributed by atoms with van der Waals surface area (Å²) in [6.07, 6.45) is 1.71. The molecule has 1 aromatic heterocycles. The van der Waals surface area contributed by atoms with Crippen LogP contribution in [0.5, 0.6) is 5.75 Å². The molecule has 2 heterocycles. The smallest absolute Gasteiger partial charge is 0.318 e. The van der Waals surface area contributed by atoms with Crippen LogP contribution in [0.25, 0.3) is 11.4 Å². The number of hydrogen-bond acceptors (Lipinski definition) is 5. The highest BCUT2D eigenvalue weighted by atomic mass is 16.5. The number of nitrogens with one attached hydrogen (secondary N) is 1. The zero-order chi connectivity index (χ0) is 20.2. The molecule has 0 bridgehead atoms. The molecular formula is C22H24N4O3. The van der Waals surface area contributed by atoms with Gasteiger partial charge in [-0.25, -0.2) is 4.79 Å². The van der Waals surface area contributed by atoms with Gasteiger partial charge in [0, 0.05) is 18.7 Å². The van der Waals surface area contributed by atoms with Crippen LogP contribution in [-0.2, 0) is 6.54 Å². The third-order valence-electron chi connectivity index (χ3n) is 5.13. The van der Waals surface area contributed by atoms with Gasteiger partial charge >= 0.3 is 6.03 Å². The first kappa shape index (κ1) is 19.0. The van der Waals surface area contributed by atoms with Crippen LogP contribution in [0.1, 0.15) is 35.9 Å². The zero-order valence-electron chi connectivity index (χ0n) is 16.6. The average Bonchev–Trinajstić information content (AvgIpc) is 3.42. The molecule has 0 spiro atoms. The maximum absolute atomic E-state index is 12.7. The van der Waals surface area contributed by atoms with Gasteiger partial charge in [-0.1, -0.05) is 47.1 Å². The number of methoxy groups -OCH3 is 1. The van der Waals surface area contributed by atoms with Crippen LogP contribution in [0, 0.1) is 6.92 Å². The van der Waals surface area contributed by atoms with Crippen LogP contribution in [0.3, 0.4) is 0 Å². The van der Waals surface area contributed by atoms with E-state index in [-0.39, 0.29) is 12.1 Å². The molecule has 0 aliphatic carbocycles. The topological polar surface area (TPSA) is 80.5 Å². The molecule has 2 aromatic carbocycles. The Balaban J connectivity index is 1.44. The van der Waals surface area contributed by atoms with Crippen LogP contribution in [-0.4, -0.2) is 34.7 Å². The van der Waals surface area contributed by atoms with E-state index in [1.807, 2.05) is 55.5 Å². The van der Waals surface area contributed by atoms with Gasteiger partial charge in [-0.05, 0) is 37.5 Å². The van der Waals surface area contributed by atoms with E-state index in [4.69, 9.17) is 9.26 Å². The number of ether oxygens (including phenoxy) is 1. The number of aryl methyl sites for hydroxylation is 1. The molecule has 3 aromatic rings. The fourth-order valence-corrected chi connectivity index (χ4v) is 3.50. The standard InChI is InChI=1S/C22H24N4O3/c1-15-8-10-16(11-9-15)14-23-22(27)26-12-4-7-19(26)21-24-20(25-29-21)17-5-3-6-18(13-17)28-2/h3,5-6,8-11,13,19H,4,7,12,14H2,1-2H3,(H,23,27)/t19-/m1/s1. The van der Waals surface area contributed by atoms with Gasteiger partial charge in [0.05, 0.1) is 7.11 Å². The Morgan fingerprint density at radius 1 is 1.28 bits per heavy atom. The lowest BCUT2D eigenvalue weighted by atomic mass is 10.1. The molecule has 1 aliphatic rings. The lowest BCUT2D eigenvalue weighted by Crippen LogP contribution is -2.39. The highest BCUT2D eigenvalue weighted by Crippen LogP contribution is 2.32. The monoisotopic (exact) mass is 392 g/mol. The number of benzene rings is 2. The Kier molecular flexibility index (Phi) is 5.46. The molecule has 29 heavy (non-hydrogen) atoms. The van der Waals surface area contributed by atoms with Crippen molar-refractivity contribution in [2.24, 2.45) is 0 Å². The lowest BCUT2D eigenvalue weighted by Gasteiger charge is -2.22. The molecule has 7 heteroatoms. The molecule has 0 saturated carbocycles. The van der Waals surface area contributed by atoms with Crippen molar-refractivity contribution >= 4 is 6.03 Å². The van der Waals surface area contributed by atoms with Crippen molar-refractivity contribution in [1.29, 1.82) is 0 Å². The van der Waals surface area contributed by atoms with E-state index >= 15 is 0 Å². The van der Waals surface area contributed by atoms with Crippen molar-refractivity contribution in [3.63, 3.8) is 0 Å². The number of amides is 2. The van der Waals surface area contributed by atoms with E-state index in [0.717, 1.165) is 29.7 Å². The van der Waals surface area contributed by atoms with Crippen LogP contribution in [0.2, 0.25) is 0 Å². The number of carbonyl (C=O) groups excluding carboxylic acids is 1. The van der Waals surface area contributed by atoms with Gasteiger partial charge in [-0.3, -0.25) is 0 Å². The summed E-state index contributed by atoms with van der Waals surface area (Å²) >= 11 is 0. The summed E-state index contributed by atoms with van der Waals surface area (Å²) in [5, 5.41) is 7.10. The first-order valence-corrected chi connectivity index (χ1v) is 9.72. The van der Waals surface area contributed by atoms with Gasteiger partial charge in [0.25, 0.3) is 0 Å². The molecule has 1 atom stereocenters. The summed E-state index contributed by atoms with van der Waals surface area (Å²) in [6.45, 7) is 3.20. The Morgan fingerprint density at radius 2 is 2.10 bits per heavy atom. The third kappa shape index (κ3) is 4.23. The fourth-order valence-electron chi connectivity index (χ4n) is 3.50. The highest BCUT2D eigenvalue weighted by molar-refractivity contribution is 5.75. The van der Waals surface area contributed by atoms with Gasteiger partial charge in [-0.2, -0.15) is 4.98 Å². The van der Waals surface area contributed by atoms with Gasteiger partial charge in [0.15, 0.2) is 0 Å². The normalized spacial score (nSPS) is 16.1. The van der Waals surface area contributed by atoms with Gasteiger partial charge in [0.2, 0.25) is 11.7 Å². The average molecular weight is 392 g/mol. The van der Waals surface area contributed by atoms with E-state index in [1.54, 1.807) is 12.0 Å². The Morgan fingerprint density at radius 3 is 2.90 bits per heavy atom. The predicted molar refractivity (Wildman–Crippen MR) is 108 cm³/mol. The van der Waals surface area contributed by atoms with Crippen LogP contribution in [0.15, 0.2) is 53.1 Å². The molecule has 0 unspecified atom stereocenters. The van der Waals surface area contributed by atoms with Gasteiger partial charge in [0.1, 0.15) is 11.8 Å². The van der Waals surface area contributed by atoms with E-state index in [2.05, 4.69) is 15.5 Å². The third-order valence-corrected chi connectivity index (χ3v) is 5.13. The molecule has 1 saturated heterocycles. The summed E-state index contributed by atoms with van der Waals surface area (Å²) in [5.41, 5.74) is 3.08. The molecule has 2 amide bonds. The predicted octanol–water partition coefficient (Wildman–Crippen LogP) is 4.10. The highest BCUT2D eigenvalue weighted by Gasteiger charge is 2.34. The molecule has 1 N–H and O–H groups in total. The minimum absolute atomic E-state index is 0.116. The van der Waals surface area contributed by atoms with Crippen LogP contribution < -0.4 is 10.1 Å². The van der Waals surface area contributed by atoms with E-state index in [1.165, 1.54) is 5.56 Å². The quantitative estimate of drug-likeness (QED) is 0.707. The molecular weight excluding hydrogens is 368 g/mol. The van der Waals surface area contributed by atoms with Crippen molar-refractivity contribution in [2.45, 2.75) is 32.4 Å². The lowest BCUT2D eigenvalue weighted by molar-refractivity contribution is 0.180. The van der Waals surface area contributed by atoms with Crippen molar-refractivity contribution in [3.8, 4) is 17.1 Å². The largest absolute Gasteiger partial charge is 0.497 e. The van der Waals surface area contributed by atoms with Crippen molar-refractivity contribution in [1.82, 2.24) is 20.4 Å². The van der Waals surface area contributed by atoms with Crippen molar-refractivity contribution < 1.29 is 14.1 Å². The maximum atomic E-state index is 12.7. The molecule has 0 radical (unpaired) electrons. The minimum Gasteiger partial charge on any atom is -0.497 e. The van der Waals surface area contributed by atoms with E-state index in [0.29, 0.717) is 24.8 Å². The Labute approximate surface area is 169 Å². The molecule has 7 nitrogen and oxygen atoms in total. The SMILES string of the molecule is COc1cccc(-c2noc([C@H]3CCCN3C(=O)NCc3ccc(C)cc3)n2)c1. The molecule has 4 rings (SSSR count). The van der Waals surface area contributed by atoms with E-state index < -0.39 is 0 Å². The summed E-state index contributed by atoms with van der Waals surface area (Å²) in [5.74, 6) is 1.68. The van der Waals surface area contributed by atoms with Crippen LogP contribution >= 0.6 is 0 Å². The second kappa shape index (κ2) is 8.34.